The number of nitrogens with zero attached hydrogens (tertiary/aromatic N) is 2. The highest BCUT2D eigenvalue weighted by atomic mass is 16.3. The van der Waals surface area contributed by atoms with Gasteiger partial charge in [0.1, 0.15) is 0 Å². The highest BCUT2D eigenvalue weighted by Gasteiger charge is 2.24. The third-order valence-corrected chi connectivity index (χ3v) is 4.40. The van der Waals surface area contributed by atoms with E-state index in [4.69, 9.17) is 0 Å². The Morgan fingerprint density at radius 3 is 2.52 bits per heavy atom. The van der Waals surface area contributed by atoms with E-state index in [9.17, 15) is 9.90 Å². The maximum Gasteiger partial charge on any atom is 0.317 e. The van der Waals surface area contributed by atoms with Gasteiger partial charge in [0.25, 0.3) is 0 Å². The van der Waals surface area contributed by atoms with Crippen molar-refractivity contribution in [1.82, 2.24) is 15.1 Å². The van der Waals surface area contributed by atoms with E-state index in [0.717, 1.165) is 38.9 Å². The minimum atomic E-state index is 0.0178. The van der Waals surface area contributed by atoms with E-state index in [2.05, 4.69) is 22.3 Å². The summed E-state index contributed by atoms with van der Waals surface area (Å²) in [5, 5.41) is 12.4. The quantitative estimate of drug-likeness (QED) is 0.837. The number of hydrogen-bond donors (Lipinski definition) is 2. The van der Waals surface area contributed by atoms with E-state index in [1.807, 2.05) is 37.2 Å². The summed E-state index contributed by atoms with van der Waals surface area (Å²) in [6.45, 7) is 2.51. The first-order chi connectivity index (χ1) is 11.1. The highest BCUT2D eigenvalue weighted by Crippen LogP contribution is 2.16. The van der Waals surface area contributed by atoms with Crippen molar-refractivity contribution in [1.29, 1.82) is 0 Å². The molecule has 1 aliphatic heterocycles. The molecule has 1 fully saturated rings. The normalized spacial score (nSPS) is 17.3. The Hall–Kier alpha value is -1.59. The molecule has 0 aromatic heterocycles. The van der Waals surface area contributed by atoms with E-state index in [1.165, 1.54) is 5.56 Å². The first kappa shape index (κ1) is 17.8. The molecule has 2 N–H and O–H groups in total. The SMILES string of the molecule is CN(C)CC(Cc1ccccc1)NC(=O)N1CCC(CO)CC1. The molecule has 1 atom stereocenters. The summed E-state index contributed by atoms with van der Waals surface area (Å²) >= 11 is 0. The van der Waals surface area contributed by atoms with Gasteiger partial charge in [-0.25, -0.2) is 4.79 Å². The fraction of sp³-hybridized carbons (Fsp3) is 0.611. The van der Waals surface area contributed by atoms with Gasteiger partial charge in [-0.15, -0.1) is 0 Å². The number of aliphatic hydroxyl groups is 1. The van der Waals surface area contributed by atoms with Crippen molar-refractivity contribution in [3.05, 3.63) is 35.9 Å². The Balaban J connectivity index is 1.90. The van der Waals surface area contributed by atoms with Crippen LogP contribution in [0.2, 0.25) is 0 Å². The van der Waals surface area contributed by atoms with Crippen molar-refractivity contribution in [2.45, 2.75) is 25.3 Å². The predicted octanol–water partition coefficient (Wildman–Crippen LogP) is 1.57. The van der Waals surface area contributed by atoms with Gasteiger partial charge in [0, 0.05) is 32.3 Å². The fourth-order valence-corrected chi connectivity index (χ4v) is 3.09. The van der Waals surface area contributed by atoms with E-state index >= 15 is 0 Å². The number of hydrogen-bond acceptors (Lipinski definition) is 3. The molecule has 0 spiro atoms. The number of piperidine rings is 1. The van der Waals surface area contributed by atoms with Crippen LogP contribution in [0.25, 0.3) is 0 Å². The summed E-state index contributed by atoms with van der Waals surface area (Å²) in [4.78, 5) is 16.5. The number of aliphatic hydroxyl groups excluding tert-OH is 1. The minimum Gasteiger partial charge on any atom is -0.396 e. The summed E-state index contributed by atoms with van der Waals surface area (Å²) < 4.78 is 0. The average molecular weight is 319 g/mol. The number of urea groups is 1. The molecular weight excluding hydrogens is 290 g/mol. The molecule has 2 amide bonds. The van der Waals surface area contributed by atoms with E-state index in [0.29, 0.717) is 5.92 Å². The molecule has 0 saturated carbocycles. The van der Waals surface area contributed by atoms with Gasteiger partial charge in [0.15, 0.2) is 0 Å². The number of amides is 2. The van der Waals surface area contributed by atoms with Crippen LogP contribution in [0.3, 0.4) is 0 Å². The molecule has 5 nitrogen and oxygen atoms in total. The second-order valence-corrected chi connectivity index (χ2v) is 6.71. The van der Waals surface area contributed by atoms with Gasteiger partial charge in [-0.3, -0.25) is 0 Å². The predicted molar refractivity (Wildman–Crippen MR) is 92.4 cm³/mol. The van der Waals surface area contributed by atoms with E-state index < -0.39 is 0 Å². The van der Waals surface area contributed by atoms with Gasteiger partial charge >= 0.3 is 6.03 Å². The molecule has 1 aliphatic rings. The molecule has 5 heteroatoms. The fourth-order valence-electron chi connectivity index (χ4n) is 3.09. The van der Waals surface area contributed by atoms with Crippen LogP contribution in [-0.4, -0.2) is 67.3 Å². The Morgan fingerprint density at radius 2 is 1.96 bits per heavy atom. The maximum atomic E-state index is 12.5. The molecule has 23 heavy (non-hydrogen) atoms. The third-order valence-electron chi connectivity index (χ3n) is 4.40. The van der Waals surface area contributed by atoms with Gasteiger partial charge in [0.2, 0.25) is 0 Å². The van der Waals surface area contributed by atoms with Crippen molar-refractivity contribution in [3.8, 4) is 0 Å². The lowest BCUT2D eigenvalue weighted by Gasteiger charge is -2.33. The standard InChI is InChI=1S/C18H29N3O2/c1-20(2)13-17(12-15-6-4-3-5-7-15)19-18(23)21-10-8-16(14-22)9-11-21/h3-7,16-17,22H,8-14H2,1-2H3,(H,19,23). The molecule has 1 saturated heterocycles. The third kappa shape index (κ3) is 5.84. The van der Waals surface area contributed by atoms with Crippen LogP contribution in [-0.2, 0) is 6.42 Å². The molecule has 1 aromatic carbocycles. The van der Waals surface area contributed by atoms with Crippen LogP contribution in [0.1, 0.15) is 18.4 Å². The largest absolute Gasteiger partial charge is 0.396 e. The molecule has 0 radical (unpaired) electrons. The second kappa shape index (κ2) is 8.89. The average Bonchev–Trinajstić information content (AvgIpc) is 2.55. The summed E-state index contributed by atoms with van der Waals surface area (Å²) in [5.41, 5.74) is 1.23. The molecule has 128 valence electrons. The van der Waals surface area contributed by atoms with E-state index in [1.54, 1.807) is 0 Å². The van der Waals surface area contributed by atoms with E-state index in [-0.39, 0.29) is 18.7 Å². The first-order valence-corrected chi connectivity index (χ1v) is 8.43. The Bertz CT molecular complexity index is 470. The second-order valence-electron chi connectivity index (χ2n) is 6.71. The molecule has 1 heterocycles. The lowest BCUT2D eigenvalue weighted by molar-refractivity contribution is 0.134. The van der Waals surface area contributed by atoms with Gasteiger partial charge in [0.05, 0.1) is 0 Å². The number of nitrogens with one attached hydrogen (secondary N) is 1. The lowest BCUT2D eigenvalue weighted by Crippen LogP contribution is -2.51. The van der Waals surface area contributed by atoms with Crippen LogP contribution in [0, 0.1) is 5.92 Å². The number of benzene rings is 1. The minimum absolute atomic E-state index is 0.0178. The van der Waals surface area contributed by atoms with Gasteiger partial charge in [-0.1, -0.05) is 30.3 Å². The first-order valence-electron chi connectivity index (χ1n) is 8.43. The number of rotatable bonds is 6. The van der Waals surface area contributed by atoms with Crippen molar-refractivity contribution >= 4 is 6.03 Å². The maximum absolute atomic E-state index is 12.5. The summed E-state index contributed by atoms with van der Waals surface area (Å²) in [7, 11) is 4.05. The summed E-state index contributed by atoms with van der Waals surface area (Å²) in [5.74, 6) is 0.348. The zero-order chi connectivity index (χ0) is 16.7. The van der Waals surface area contributed by atoms with Crippen molar-refractivity contribution < 1.29 is 9.90 Å². The lowest BCUT2D eigenvalue weighted by atomic mass is 9.98. The number of carbonyl (C=O) groups is 1. The zero-order valence-electron chi connectivity index (χ0n) is 14.2. The van der Waals surface area contributed by atoms with Gasteiger partial charge in [-0.2, -0.15) is 0 Å². The molecule has 2 rings (SSSR count). The Labute approximate surface area is 139 Å². The van der Waals surface area contributed by atoms with Crippen molar-refractivity contribution in [2.24, 2.45) is 5.92 Å². The molecule has 0 bridgehead atoms. The topological polar surface area (TPSA) is 55.8 Å². The van der Waals surface area contributed by atoms with Crippen LogP contribution < -0.4 is 5.32 Å². The van der Waals surface area contributed by atoms with Crippen LogP contribution in [0.15, 0.2) is 30.3 Å². The van der Waals surface area contributed by atoms with Crippen molar-refractivity contribution in [3.63, 3.8) is 0 Å². The molecule has 1 unspecified atom stereocenters. The molecule has 0 aliphatic carbocycles. The molecular formula is C18H29N3O2. The van der Waals surface area contributed by atoms with Gasteiger partial charge in [-0.05, 0) is 44.8 Å². The van der Waals surface area contributed by atoms with Crippen LogP contribution >= 0.6 is 0 Å². The Morgan fingerprint density at radius 1 is 1.30 bits per heavy atom. The van der Waals surface area contributed by atoms with Crippen LogP contribution in [0.5, 0.6) is 0 Å². The monoisotopic (exact) mass is 319 g/mol. The number of likely N-dealkylation sites (tertiary alicyclic amines) is 1. The van der Waals surface area contributed by atoms with Crippen molar-refractivity contribution in [2.75, 3.05) is 40.3 Å². The summed E-state index contributed by atoms with van der Waals surface area (Å²) in [6.07, 6.45) is 2.61. The summed E-state index contributed by atoms with van der Waals surface area (Å²) in [6, 6.07) is 10.4. The number of carbonyl (C=O) groups excluding carboxylic acids is 1. The smallest absolute Gasteiger partial charge is 0.317 e. The van der Waals surface area contributed by atoms with Gasteiger partial charge < -0.3 is 20.2 Å². The molecule has 1 aromatic rings. The van der Waals surface area contributed by atoms with Crippen LogP contribution in [0.4, 0.5) is 4.79 Å². The highest BCUT2D eigenvalue weighted by molar-refractivity contribution is 5.74. The Kier molecular flexibility index (Phi) is 6.86. The zero-order valence-corrected chi connectivity index (χ0v) is 14.2. The number of likely N-dealkylation sites (N-methyl/N-ethyl adjacent to an activating group) is 1.